The number of rotatable bonds is 4. The van der Waals surface area contributed by atoms with Crippen molar-refractivity contribution in [1.29, 1.82) is 0 Å². The van der Waals surface area contributed by atoms with Gasteiger partial charge in [0.15, 0.2) is 11.5 Å². The van der Waals surface area contributed by atoms with Crippen molar-refractivity contribution < 1.29 is 4.74 Å². The third-order valence-corrected chi connectivity index (χ3v) is 5.38. The summed E-state index contributed by atoms with van der Waals surface area (Å²) in [4.78, 5) is 24.7. The van der Waals surface area contributed by atoms with E-state index in [1.807, 2.05) is 9.47 Å². The SMILES string of the molecule is COCN1c2cc(Cn3cnc4ncncc43)ccc2Sc2nccnc21. The maximum atomic E-state index is 5.42. The molecule has 0 radical (unpaired) electrons. The van der Waals surface area contributed by atoms with E-state index < -0.39 is 0 Å². The van der Waals surface area contributed by atoms with Crippen LogP contribution in [-0.2, 0) is 11.3 Å². The standard InChI is InChI=1S/C18H15N7OS/c1-26-11-25-13-6-12(8-24-10-23-16-14(24)7-19-9-22-16)2-3-15(13)27-18-17(25)20-4-5-21-18/h2-7,9-10H,8,11H2,1H3. The Bertz CT molecular complexity index is 1130. The number of hydrogen-bond acceptors (Lipinski definition) is 8. The Morgan fingerprint density at radius 2 is 2.04 bits per heavy atom. The van der Waals surface area contributed by atoms with E-state index in [-0.39, 0.29) is 0 Å². The third kappa shape index (κ3) is 2.81. The molecule has 0 fully saturated rings. The molecular weight excluding hydrogens is 362 g/mol. The number of fused-ring (bicyclic) bond motifs is 3. The molecular formula is C18H15N7OS. The highest BCUT2D eigenvalue weighted by atomic mass is 32.2. The minimum Gasteiger partial charge on any atom is -0.364 e. The van der Waals surface area contributed by atoms with Gasteiger partial charge < -0.3 is 9.30 Å². The van der Waals surface area contributed by atoms with E-state index in [4.69, 9.17) is 4.74 Å². The number of hydrogen-bond donors (Lipinski definition) is 0. The van der Waals surface area contributed by atoms with Crippen LogP contribution in [0.1, 0.15) is 5.56 Å². The van der Waals surface area contributed by atoms with Gasteiger partial charge in [0.25, 0.3) is 0 Å². The molecule has 0 unspecified atom stereocenters. The van der Waals surface area contributed by atoms with Gasteiger partial charge in [-0.1, -0.05) is 17.8 Å². The zero-order valence-electron chi connectivity index (χ0n) is 14.5. The van der Waals surface area contributed by atoms with Gasteiger partial charge in [0.2, 0.25) is 0 Å². The number of imidazole rings is 1. The molecule has 0 N–H and O–H groups in total. The van der Waals surface area contributed by atoms with Gasteiger partial charge in [-0.25, -0.2) is 24.9 Å². The predicted molar refractivity (Wildman–Crippen MR) is 101 cm³/mol. The molecule has 3 aromatic heterocycles. The number of ether oxygens (including phenoxy) is 1. The van der Waals surface area contributed by atoms with Gasteiger partial charge >= 0.3 is 0 Å². The molecule has 27 heavy (non-hydrogen) atoms. The van der Waals surface area contributed by atoms with E-state index in [0.717, 1.165) is 32.5 Å². The Morgan fingerprint density at radius 1 is 1.11 bits per heavy atom. The fraction of sp³-hybridized carbons (Fsp3) is 0.167. The van der Waals surface area contributed by atoms with Crippen molar-refractivity contribution >= 4 is 34.4 Å². The summed E-state index contributed by atoms with van der Waals surface area (Å²) in [5, 5.41) is 0.882. The minimum atomic E-state index is 0.407. The number of benzene rings is 1. The average molecular weight is 377 g/mol. The van der Waals surface area contributed by atoms with Crippen molar-refractivity contribution in [2.75, 3.05) is 18.7 Å². The fourth-order valence-corrected chi connectivity index (χ4v) is 4.12. The van der Waals surface area contributed by atoms with Crippen LogP contribution in [0.5, 0.6) is 0 Å². The molecule has 5 rings (SSSR count). The van der Waals surface area contributed by atoms with Crippen LogP contribution in [0, 0.1) is 0 Å². The maximum absolute atomic E-state index is 5.42. The second-order valence-electron chi connectivity index (χ2n) is 6.04. The van der Waals surface area contributed by atoms with Crippen LogP contribution in [-0.4, -0.2) is 43.3 Å². The van der Waals surface area contributed by atoms with Crippen LogP contribution in [0.15, 0.2) is 59.4 Å². The fourth-order valence-electron chi connectivity index (χ4n) is 3.14. The zero-order chi connectivity index (χ0) is 18.2. The van der Waals surface area contributed by atoms with Crippen LogP contribution >= 0.6 is 11.8 Å². The molecule has 4 heterocycles. The number of nitrogens with zero attached hydrogens (tertiary/aromatic N) is 7. The lowest BCUT2D eigenvalue weighted by Gasteiger charge is -2.30. The van der Waals surface area contributed by atoms with Crippen molar-refractivity contribution in [3.05, 3.63) is 55.0 Å². The average Bonchev–Trinajstić information content (AvgIpc) is 3.11. The minimum absolute atomic E-state index is 0.407. The van der Waals surface area contributed by atoms with E-state index in [0.29, 0.717) is 18.9 Å². The molecule has 134 valence electrons. The molecule has 0 amide bonds. The highest BCUT2D eigenvalue weighted by Gasteiger charge is 2.25. The van der Waals surface area contributed by atoms with Crippen LogP contribution in [0.2, 0.25) is 0 Å². The second-order valence-corrected chi connectivity index (χ2v) is 7.07. The van der Waals surface area contributed by atoms with E-state index >= 15 is 0 Å². The maximum Gasteiger partial charge on any atom is 0.180 e. The lowest BCUT2D eigenvalue weighted by molar-refractivity contribution is 0.204. The zero-order valence-corrected chi connectivity index (χ0v) is 15.3. The molecule has 0 atom stereocenters. The van der Waals surface area contributed by atoms with Crippen molar-refractivity contribution in [3.63, 3.8) is 0 Å². The largest absolute Gasteiger partial charge is 0.364 e. The van der Waals surface area contributed by atoms with E-state index in [2.05, 4.69) is 43.1 Å². The van der Waals surface area contributed by atoms with Gasteiger partial charge in [0, 0.05) is 30.9 Å². The highest BCUT2D eigenvalue weighted by Crippen LogP contribution is 2.46. The Balaban J connectivity index is 1.54. The topological polar surface area (TPSA) is 81.9 Å². The van der Waals surface area contributed by atoms with Crippen molar-refractivity contribution in [2.45, 2.75) is 16.5 Å². The van der Waals surface area contributed by atoms with E-state index in [1.54, 1.807) is 43.8 Å². The van der Waals surface area contributed by atoms with E-state index in [1.165, 1.54) is 6.33 Å². The van der Waals surface area contributed by atoms with Crippen LogP contribution in [0.3, 0.4) is 0 Å². The summed E-state index contributed by atoms with van der Waals surface area (Å²) < 4.78 is 7.46. The molecule has 0 saturated heterocycles. The van der Waals surface area contributed by atoms with Crippen LogP contribution < -0.4 is 4.90 Å². The first-order valence-electron chi connectivity index (χ1n) is 8.32. The molecule has 9 heteroatoms. The Morgan fingerprint density at radius 3 is 2.96 bits per heavy atom. The number of methoxy groups -OCH3 is 1. The Hall–Kier alpha value is -3.04. The molecule has 0 aliphatic carbocycles. The molecule has 1 aromatic carbocycles. The Labute approximate surface area is 159 Å². The smallest absolute Gasteiger partial charge is 0.180 e. The third-order valence-electron chi connectivity index (χ3n) is 4.34. The van der Waals surface area contributed by atoms with Crippen molar-refractivity contribution in [2.24, 2.45) is 0 Å². The van der Waals surface area contributed by atoms with Gasteiger partial charge in [-0.05, 0) is 17.7 Å². The first-order valence-corrected chi connectivity index (χ1v) is 9.14. The molecule has 0 bridgehead atoms. The van der Waals surface area contributed by atoms with Gasteiger partial charge in [-0.3, -0.25) is 4.90 Å². The molecule has 1 aliphatic rings. The highest BCUT2D eigenvalue weighted by molar-refractivity contribution is 7.99. The summed E-state index contributed by atoms with van der Waals surface area (Å²) in [7, 11) is 1.68. The first kappa shape index (κ1) is 16.2. The van der Waals surface area contributed by atoms with Gasteiger partial charge in [0.1, 0.15) is 23.6 Å². The summed E-state index contributed by atoms with van der Waals surface area (Å²) in [6.45, 7) is 1.08. The molecule has 0 saturated carbocycles. The normalized spacial score (nSPS) is 12.9. The quantitative estimate of drug-likeness (QED) is 0.537. The molecule has 1 aliphatic heterocycles. The monoisotopic (exact) mass is 377 g/mol. The van der Waals surface area contributed by atoms with Crippen molar-refractivity contribution in [3.8, 4) is 0 Å². The number of aromatic nitrogens is 6. The molecule has 8 nitrogen and oxygen atoms in total. The van der Waals surface area contributed by atoms with Crippen LogP contribution in [0.25, 0.3) is 11.2 Å². The second kappa shape index (κ2) is 6.60. The lowest BCUT2D eigenvalue weighted by Crippen LogP contribution is -2.24. The van der Waals surface area contributed by atoms with Gasteiger partial charge in [0.05, 0.1) is 18.2 Å². The number of anilines is 2. The summed E-state index contributed by atoms with van der Waals surface area (Å²) >= 11 is 1.62. The predicted octanol–water partition coefficient (Wildman–Crippen LogP) is 2.87. The van der Waals surface area contributed by atoms with E-state index in [9.17, 15) is 0 Å². The molecule has 4 aromatic rings. The van der Waals surface area contributed by atoms with Gasteiger partial charge in [-0.2, -0.15) is 0 Å². The summed E-state index contributed by atoms with van der Waals surface area (Å²) in [5.74, 6) is 0.815. The first-order chi connectivity index (χ1) is 13.3. The summed E-state index contributed by atoms with van der Waals surface area (Å²) in [5.41, 5.74) is 3.82. The van der Waals surface area contributed by atoms with Gasteiger partial charge in [-0.15, -0.1) is 0 Å². The van der Waals surface area contributed by atoms with Crippen molar-refractivity contribution in [1.82, 2.24) is 29.5 Å². The lowest BCUT2D eigenvalue weighted by atomic mass is 10.1. The summed E-state index contributed by atoms with van der Waals surface area (Å²) in [6.07, 6.45) is 8.50. The molecule has 0 spiro atoms. The summed E-state index contributed by atoms with van der Waals surface area (Å²) in [6, 6.07) is 6.40. The van der Waals surface area contributed by atoms with Crippen LogP contribution in [0.4, 0.5) is 11.5 Å². The Kier molecular flexibility index (Phi) is 3.95.